The van der Waals surface area contributed by atoms with Gasteiger partial charge < -0.3 is 4.74 Å². The van der Waals surface area contributed by atoms with Crippen LogP contribution in [0, 0.1) is 0 Å². The minimum Gasteiger partial charge on any atom is -0.376 e. The maximum Gasteiger partial charge on any atom is 0.150 e. The van der Waals surface area contributed by atoms with Crippen LogP contribution in [0.25, 0.3) is 0 Å². The molecule has 0 saturated heterocycles. The molecule has 13 heavy (non-hydrogen) atoms. The zero-order valence-electron chi connectivity index (χ0n) is 7.62. The molecule has 0 N–H and O–H groups in total. The standard InChI is InChI=1S/C11H12O2/c1-8-6-13-7-10-3-2-9(5-12)4-11(8)10/h2-5,8H,6-7H2,1H3. The predicted molar refractivity (Wildman–Crippen MR) is 49.9 cm³/mol. The van der Waals surface area contributed by atoms with Crippen molar-refractivity contribution in [2.45, 2.75) is 19.4 Å². The lowest BCUT2D eigenvalue weighted by Gasteiger charge is -2.22. The summed E-state index contributed by atoms with van der Waals surface area (Å²) in [6.07, 6.45) is 0.891. The van der Waals surface area contributed by atoms with Crippen LogP contribution in [0.2, 0.25) is 0 Å². The van der Waals surface area contributed by atoms with Crippen LogP contribution >= 0.6 is 0 Å². The van der Waals surface area contributed by atoms with Crippen molar-refractivity contribution in [3.63, 3.8) is 0 Å². The molecule has 0 amide bonds. The van der Waals surface area contributed by atoms with Crippen LogP contribution in [0.3, 0.4) is 0 Å². The van der Waals surface area contributed by atoms with Gasteiger partial charge in [-0.05, 0) is 17.2 Å². The van der Waals surface area contributed by atoms with Crippen LogP contribution in [0.4, 0.5) is 0 Å². The van der Waals surface area contributed by atoms with Gasteiger partial charge in [-0.15, -0.1) is 0 Å². The Morgan fingerprint density at radius 2 is 2.38 bits per heavy atom. The summed E-state index contributed by atoms with van der Waals surface area (Å²) < 4.78 is 5.39. The monoisotopic (exact) mass is 176 g/mol. The molecule has 0 bridgehead atoms. The minimum atomic E-state index is 0.406. The van der Waals surface area contributed by atoms with E-state index in [-0.39, 0.29) is 0 Å². The zero-order valence-corrected chi connectivity index (χ0v) is 7.62. The van der Waals surface area contributed by atoms with Crippen molar-refractivity contribution >= 4 is 6.29 Å². The Labute approximate surface area is 77.5 Å². The van der Waals surface area contributed by atoms with E-state index in [2.05, 4.69) is 6.92 Å². The van der Waals surface area contributed by atoms with E-state index in [0.29, 0.717) is 12.5 Å². The fourth-order valence-corrected chi connectivity index (χ4v) is 1.71. The quantitative estimate of drug-likeness (QED) is 0.613. The Balaban J connectivity index is 2.46. The summed E-state index contributed by atoms with van der Waals surface area (Å²) >= 11 is 0. The largest absolute Gasteiger partial charge is 0.376 e. The number of fused-ring (bicyclic) bond motifs is 1. The molecular formula is C11H12O2. The summed E-state index contributed by atoms with van der Waals surface area (Å²) in [7, 11) is 0. The predicted octanol–water partition coefficient (Wildman–Crippen LogP) is 2.13. The summed E-state index contributed by atoms with van der Waals surface area (Å²) in [6, 6.07) is 5.79. The molecular weight excluding hydrogens is 164 g/mol. The molecule has 0 aliphatic carbocycles. The van der Waals surface area contributed by atoms with E-state index in [1.165, 1.54) is 11.1 Å². The van der Waals surface area contributed by atoms with Gasteiger partial charge in [0.1, 0.15) is 6.29 Å². The molecule has 0 aromatic heterocycles. The number of ether oxygens (including phenoxy) is 1. The van der Waals surface area contributed by atoms with Gasteiger partial charge in [0.2, 0.25) is 0 Å². The molecule has 2 nitrogen and oxygen atoms in total. The Morgan fingerprint density at radius 3 is 3.15 bits per heavy atom. The van der Waals surface area contributed by atoms with E-state index in [0.717, 1.165) is 18.5 Å². The SMILES string of the molecule is CC1COCc2ccc(C=O)cc21. The normalized spacial score (nSPS) is 20.8. The molecule has 1 heterocycles. The summed E-state index contributed by atoms with van der Waals surface area (Å²) in [5.74, 6) is 0.406. The first-order valence-electron chi connectivity index (χ1n) is 4.47. The van der Waals surface area contributed by atoms with Crippen LogP contribution in [0.5, 0.6) is 0 Å². The Bertz CT molecular complexity index is 331. The molecule has 0 radical (unpaired) electrons. The summed E-state index contributed by atoms with van der Waals surface area (Å²) in [6.45, 7) is 3.56. The molecule has 0 saturated carbocycles. The number of hydrogen-bond acceptors (Lipinski definition) is 2. The highest BCUT2D eigenvalue weighted by Gasteiger charge is 2.16. The highest BCUT2D eigenvalue weighted by Crippen LogP contribution is 2.26. The van der Waals surface area contributed by atoms with Crippen molar-refractivity contribution < 1.29 is 9.53 Å². The van der Waals surface area contributed by atoms with Crippen LogP contribution in [0.1, 0.15) is 34.3 Å². The Morgan fingerprint density at radius 1 is 1.54 bits per heavy atom. The molecule has 1 aromatic carbocycles. The number of carbonyl (C=O) groups excluding carboxylic acids is 1. The summed E-state index contributed by atoms with van der Waals surface area (Å²) in [5.41, 5.74) is 3.23. The van der Waals surface area contributed by atoms with Gasteiger partial charge in [0.15, 0.2) is 0 Å². The lowest BCUT2D eigenvalue weighted by Crippen LogP contribution is -2.14. The van der Waals surface area contributed by atoms with Gasteiger partial charge in [-0.2, -0.15) is 0 Å². The molecule has 1 atom stereocenters. The smallest absolute Gasteiger partial charge is 0.150 e. The van der Waals surface area contributed by atoms with Crippen molar-refractivity contribution in [1.82, 2.24) is 0 Å². The van der Waals surface area contributed by atoms with Crippen molar-refractivity contribution in [2.24, 2.45) is 0 Å². The molecule has 0 spiro atoms. The molecule has 0 fully saturated rings. The number of carbonyl (C=O) groups is 1. The second kappa shape index (κ2) is 3.30. The number of aldehydes is 1. The average molecular weight is 176 g/mol. The molecule has 1 aromatic rings. The molecule has 2 rings (SSSR count). The second-order valence-corrected chi connectivity index (χ2v) is 3.49. The third-order valence-electron chi connectivity index (χ3n) is 2.46. The van der Waals surface area contributed by atoms with Crippen LogP contribution in [-0.4, -0.2) is 12.9 Å². The van der Waals surface area contributed by atoms with E-state index in [9.17, 15) is 4.79 Å². The average Bonchev–Trinajstić information content (AvgIpc) is 2.18. The van der Waals surface area contributed by atoms with Crippen molar-refractivity contribution in [1.29, 1.82) is 0 Å². The molecule has 1 aliphatic rings. The summed E-state index contributed by atoms with van der Waals surface area (Å²) in [4.78, 5) is 10.6. The van der Waals surface area contributed by atoms with Gasteiger partial charge in [0, 0.05) is 11.5 Å². The van der Waals surface area contributed by atoms with E-state index in [4.69, 9.17) is 4.74 Å². The molecule has 1 aliphatic heterocycles. The van der Waals surface area contributed by atoms with Gasteiger partial charge in [-0.25, -0.2) is 0 Å². The molecule has 2 heteroatoms. The van der Waals surface area contributed by atoms with Crippen LogP contribution in [-0.2, 0) is 11.3 Å². The van der Waals surface area contributed by atoms with Crippen molar-refractivity contribution in [3.05, 3.63) is 34.9 Å². The van der Waals surface area contributed by atoms with Crippen molar-refractivity contribution in [3.8, 4) is 0 Å². The van der Waals surface area contributed by atoms with Gasteiger partial charge >= 0.3 is 0 Å². The van der Waals surface area contributed by atoms with Gasteiger partial charge in [-0.1, -0.05) is 19.1 Å². The zero-order chi connectivity index (χ0) is 9.26. The van der Waals surface area contributed by atoms with E-state index >= 15 is 0 Å². The maximum absolute atomic E-state index is 10.6. The third kappa shape index (κ3) is 1.49. The molecule has 1 unspecified atom stereocenters. The topological polar surface area (TPSA) is 26.3 Å². The Kier molecular flexibility index (Phi) is 2.15. The number of benzene rings is 1. The van der Waals surface area contributed by atoms with Crippen LogP contribution in [0.15, 0.2) is 18.2 Å². The van der Waals surface area contributed by atoms with Gasteiger partial charge in [-0.3, -0.25) is 4.79 Å². The first-order chi connectivity index (χ1) is 6.31. The van der Waals surface area contributed by atoms with E-state index < -0.39 is 0 Å². The fraction of sp³-hybridized carbons (Fsp3) is 0.364. The first kappa shape index (κ1) is 8.45. The summed E-state index contributed by atoms with van der Waals surface area (Å²) in [5, 5.41) is 0. The molecule has 68 valence electrons. The highest BCUT2D eigenvalue weighted by atomic mass is 16.5. The fourth-order valence-electron chi connectivity index (χ4n) is 1.71. The van der Waals surface area contributed by atoms with Crippen LogP contribution < -0.4 is 0 Å². The lowest BCUT2D eigenvalue weighted by molar-refractivity contribution is 0.0949. The first-order valence-corrected chi connectivity index (χ1v) is 4.47. The number of hydrogen-bond donors (Lipinski definition) is 0. The third-order valence-corrected chi connectivity index (χ3v) is 2.46. The van der Waals surface area contributed by atoms with E-state index in [1.807, 2.05) is 18.2 Å². The van der Waals surface area contributed by atoms with E-state index in [1.54, 1.807) is 0 Å². The minimum absolute atomic E-state index is 0.406. The maximum atomic E-state index is 10.6. The second-order valence-electron chi connectivity index (χ2n) is 3.49. The van der Waals surface area contributed by atoms with Gasteiger partial charge in [0.25, 0.3) is 0 Å². The van der Waals surface area contributed by atoms with Crippen molar-refractivity contribution in [2.75, 3.05) is 6.61 Å². The number of rotatable bonds is 1. The highest BCUT2D eigenvalue weighted by molar-refractivity contribution is 5.75. The lowest BCUT2D eigenvalue weighted by atomic mass is 9.93. The Hall–Kier alpha value is -1.15. The van der Waals surface area contributed by atoms with Gasteiger partial charge in [0.05, 0.1) is 13.2 Å².